The summed E-state index contributed by atoms with van der Waals surface area (Å²) in [4.78, 5) is 41.2. The van der Waals surface area contributed by atoms with Crippen molar-refractivity contribution in [2.75, 3.05) is 49.6 Å². The number of halogens is 5. The predicted octanol–water partition coefficient (Wildman–Crippen LogP) is 4.72. The number of carbonyl (C=O) groups is 3. The van der Waals surface area contributed by atoms with Crippen LogP contribution in [0.15, 0.2) is 30.3 Å². The Morgan fingerprint density at radius 1 is 1.20 bits per heavy atom. The Kier molecular flexibility index (Phi) is 11.4. The van der Waals surface area contributed by atoms with Crippen LogP contribution in [0.25, 0.3) is 0 Å². The van der Waals surface area contributed by atoms with Crippen LogP contribution in [-0.4, -0.2) is 81.1 Å². The van der Waals surface area contributed by atoms with E-state index < -0.39 is 48.8 Å². The van der Waals surface area contributed by atoms with Gasteiger partial charge in [-0.2, -0.15) is 8.78 Å². The lowest BCUT2D eigenvalue weighted by Crippen LogP contribution is -2.54. The molecule has 226 valence electrons. The van der Waals surface area contributed by atoms with E-state index in [9.17, 15) is 31.9 Å². The van der Waals surface area contributed by atoms with Gasteiger partial charge in [-0.3, -0.25) is 19.3 Å². The van der Waals surface area contributed by atoms with Crippen molar-refractivity contribution in [3.63, 3.8) is 0 Å². The van der Waals surface area contributed by atoms with Crippen molar-refractivity contribution in [3.8, 4) is 5.75 Å². The first-order valence-electron chi connectivity index (χ1n) is 12.6. The molecule has 9 nitrogen and oxygen atoms in total. The number of nitrogens with zero attached hydrogens (tertiary/aromatic N) is 2. The second-order valence-electron chi connectivity index (χ2n) is 10.4. The van der Waals surface area contributed by atoms with Gasteiger partial charge in [-0.15, -0.1) is 11.3 Å². The minimum absolute atomic E-state index is 0.0178. The van der Waals surface area contributed by atoms with Crippen LogP contribution in [0.4, 0.5) is 28.9 Å². The second-order valence-corrected chi connectivity index (χ2v) is 12.1. The van der Waals surface area contributed by atoms with Gasteiger partial charge in [0.15, 0.2) is 5.75 Å². The first-order valence-corrected chi connectivity index (χ1v) is 13.8. The van der Waals surface area contributed by atoms with Gasteiger partial charge >= 0.3 is 6.61 Å². The number of carbonyl (C=O) groups excluding carboxylic acids is 3. The minimum Gasteiger partial charge on any atom is -0.433 e. The van der Waals surface area contributed by atoms with Crippen LogP contribution in [0.2, 0.25) is 4.34 Å². The van der Waals surface area contributed by atoms with Crippen molar-refractivity contribution in [2.24, 2.45) is 5.41 Å². The maximum Gasteiger partial charge on any atom is 0.387 e. The molecule has 1 saturated heterocycles. The molecule has 2 N–H and O–H groups in total. The van der Waals surface area contributed by atoms with Crippen molar-refractivity contribution < 1.29 is 41.4 Å². The lowest BCUT2D eigenvalue weighted by Gasteiger charge is -2.35. The van der Waals surface area contributed by atoms with E-state index in [1.165, 1.54) is 34.1 Å². The predicted molar refractivity (Wildman–Crippen MR) is 147 cm³/mol. The summed E-state index contributed by atoms with van der Waals surface area (Å²) in [5.41, 5.74) is -0.421. The number of alkyl halides is 4. The number of hydrogen-bond acceptors (Lipinski definition) is 7. The molecule has 0 aliphatic carbocycles. The van der Waals surface area contributed by atoms with Gasteiger partial charge in [0.05, 0.1) is 28.1 Å². The number of rotatable bonds is 12. The number of hydrogen-bond donors (Lipinski definition) is 2. The zero-order valence-electron chi connectivity index (χ0n) is 22.6. The molecule has 15 heteroatoms. The van der Waals surface area contributed by atoms with Crippen molar-refractivity contribution in [1.82, 2.24) is 10.2 Å². The largest absolute Gasteiger partial charge is 0.433 e. The molecule has 0 unspecified atom stereocenters. The Morgan fingerprint density at radius 2 is 1.93 bits per heavy atom. The summed E-state index contributed by atoms with van der Waals surface area (Å²) in [6.45, 7) is 1.27. The summed E-state index contributed by atoms with van der Waals surface area (Å²) < 4.78 is 63.7. The number of ether oxygens (including phenoxy) is 2. The van der Waals surface area contributed by atoms with Crippen molar-refractivity contribution in [3.05, 3.63) is 39.5 Å². The first kappa shape index (κ1) is 32.6. The zero-order chi connectivity index (χ0) is 30.3. The second kappa shape index (κ2) is 14.3. The SMILES string of the molecule is CC(C)(C)CN(CC(F)F)[C@@H](CNC(=O)c1ccc(Cl)s1)C(=O)Nc1ccc(N2CCOCC2=O)c(OC(F)F)c1. The van der Waals surface area contributed by atoms with Gasteiger partial charge in [0.25, 0.3) is 18.2 Å². The van der Waals surface area contributed by atoms with Crippen molar-refractivity contribution >= 4 is 52.0 Å². The van der Waals surface area contributed by atoms with Crippen LogP contribution in [0, 0.1) is 5.41 Å². The molecule has 0 spiro atoms. The van der Waals surface area contributed by atoms with E-state index in [0.29, 0.717) is 4.34 Å². The quantitative estimate of drug-likeness (QED) is 0.333. The fraction of sp³-hybridized carbons (Fsp3) is 0.500. The standard InChI is InChI=1S/C26H31ClF4N4O5S/c1-26(2,3)14-34(12-21(28)29)17(11-32-24(38)19-6-7-20(27)41-19)23(37)33-15-4-5-16(18(10-15)40-25(30)31)35-8-9-39-13-22(35)36/h4-7,10,17,21,25H,8-9,11-14H2,1-3H3,(H,32,38)(H,33,37)/t17-/m0/s1. The molecule has 0 saturated carbocycles. The van der Waals surface area contributed by atoms with Gasteiger partial charge in [-0.05, 0) is 29.7 Å². The van der Waals surface area contributed by atoms with Gasteiger partial charge in [0.2, 0.25) is 5.91 Å². The summed E-state index contributed by atoms with van der Waals surface area (Å²) >= 11 is 6.91. The lowest BCUT2D eigenvalue weighted by molar-refractivity contribution is -0.126. The smallest absolute Gasteiger partial charge is 0.387 e. The summed E-state index contributed by atoms with van der Waals surface area (Å²) in [5, 5.41) is 5.15. The maximum absolute atomic E-state index is 13.6. The molecular weight excluding hydrogens is 592 g/mol. The fourth-order valence-electron chi connectivity index (χ4n) is 4.19. The molecule has 1 fully saturated rings. The number of anilines is 2. The van der Waals surface area contributed by atoms with Crippen molar-refractivity contribution in [2.45, 2.75) is 39.9 Å². The molecule has 3 amide bonds. The van der Waals surface area contributed by atoms with Gasteiger partial charge in [0, 0.05) is 31.4 Å². The van der Waals surface area contributed by atoms with Crippen molar-refractivity contribution in [1.29, 1.82) is 0 Å². The van der Waals surface area contributed by atoms with E-state index in [4.69, 9.17) is 16.3 Å². The molecule has 1 atom stereocenters. The molecule has 1 aliphatic rings. The average Bonchev–Trinajstić information content (AvgIpc) is 3.29. The molecule has 1 aromatic heterocycles. The molecule has 3 rings (SSSR count). The number of morpholine rings is 1. The molecule has 1 aromatic carbocycles. The van der Waals surface area contributed by atoms with Gasteiger partial charge in [-0.1, -0.05) is 32.4 Å². The molecule has 2 heterocycles. The van der Waals surface area contributed by atoms with Crippen LogP contribution in [0.1, 0.15) is 30.4 Å². The Balaban J connectivity index is 1.89. The Hall–Kier alpha value is -2.94. The minimum atomic E-state index is -3.22. The first-order chi connectivity index (χ1) is 19.2. The molecule has 2 aromatic rings. The third kappa shape index (κ3) is 9.83. The monoisotopic (exact) mass is 622 g/mol. The Bertz CT molecular complexity index is 1230. The van der Waals surface area contributed by atoms with E-state index in [1.54, 1.807) is 0 Å². The number of amides is 3. The van der Waals surface area contributed by atoms with Crippen LogP contribution in [0.3, 0.4) is 0 Å². The maximum atomic E-state index is 13.6. The molecule has 41 heavy (non-hydrogen) atoms. The third-order valence-corrected chi connectivity index (χ3v) is 7.00. The van der Waals surface area contributed by atoms with E-state index in [2.05, 4.69) is 15.4 Å². The highest BCUT2D eigenvalue weighted by molar-refractivity contribution is 7.18. The third-order valence-electron chi connectivity index (χ3n) is 5.77. The van der Waals surface area contributed by atoms with Gasteiger partial charge < -0.3 is 25.0 Å². The van der Waals surface area contributed by atoms with Crippen LogP contribution in [0.5, 0.6) is 5.75 Å². The van der Waals surface area contributed by atoms with E-state index >= 15 is 0 Å². The zero-order valence-corrected chi connectivity index (χ0v) is 24.2. The summed E-state index contributed by atoms with van der Waals surface area (Å²) in [6.07, 6.45) is -2.78. The fourth-order valence-corrected chi connectivity index (χ4v) is 5.15. The molecular formula is C26H31ClF4N4O5S. The van der Waals surface area contributed by atoms with Crippen LogP contribution >= 0.6 is 22.9 Å². The summed E-state index contributed by atoms with van der Waals surface area (Å²) in [5.74, 6) is -2.14. The highest BCUT2D eigenvalue weighted by Crippen LogP contribution is 2.34. The topological polar surface area (TPSA) is 100 Å². The summed E-state index contributed by atoms with van der Waals surface area (Å²) in [7, 11) is 0. The highest BCUT2D eigenvalue weighted by atomic mass is 35.5. The lowest BCUT2D eigenvalue weighted by atomic mass is 9.95. The normalized spacial score (nSPS) is 15.0. The molecule has 0 radical (unpaired) electrons. The number of thiophene rings is 1. The van der Waals surface area contributed by atoms with E-state index in [0.717, 1.165) is 17.4 Å². The summed E-state index contributed by atoms with van der Waals surface area (Å²) in [6, 6.07) is 5.59. The Labute approximate surface area is 243 Å². The molecule has 0 bridgehead atoms. The number of nitrogens with one attached hydrogen (secondary N) is 2. The van der Waals surface area contributed by atoms with E-state index in [1.807, 2.05) is 20.8 Å². The highest BCUT2D eigenvalue weighted by Gasteiger charge is 2.32. The number of benzene rings is 1. The molecule has 1 aliphatic heterocycles. The van der Waals surface area contributed by atoms with Gasteiger partial charge in [0.1, 0.15) is 12.6 Å². The Morgan fingerprint density at radius 3 is 2.51 bits per heavy atom. The van der Waals surface area contributed by atoms with Crippen LogP contribution < -0.4 is 20.3 Å². The van der Waals surface area contributed by atoms with Crippen LogP contribution in [-0.2, 0) is 14.3 Å². The average molecular weight is 623 g/mol. The van der Waals surface area contributed by atoms with Gasteiger partial charge in [-0.25, -0.2) is 8.78 Å². The van der Waals surface area contributed by atoms with E-state index in [-0.39, 0.29) is 54.8 Å².